The lowest BCUT2D eigenvalue weighted by Gasteiger charge is -2.32. The molecule has 23 heavy (non-hydrogen) atoms. The number of primary amides is 1. The molecule has 0 aromatic heterocycles. The van der Waals surface area contributed by atoms with E-state index < -0.39 is 0 Å². The van der Waals surface area contributed by atoms with E-state index in [4.69, 9.17) is 10.5 Å². The lowest BCUT2D eigenvalue weighted by atomic mass is 10.0. The Balaban J connectivity index is 1.68. The van der Waals surface area contributed by atoms with E-state index >= 15 is 0 Å². The fraction of sp³-hybridized carbons (Fsp3) is 0.500. The summed E-state index contributed by atoms with van der Waals surface area (Å²) in [6.07, 6.45) is 2.62. The third-order valence-corrected chi connectivity index (χ3v) is 3.80. The van der Waals surface area contributed by atoms with Gasteiger partial charge in [0.25, 0.3) is 0 Å². The Bertz CT molecular complexity index is 536. The zero-order valence-electron chi connectivity index (χ0n) is 13.0. The van der Waals surface area contributed by atoms with Crippen LogP contribution in [0.15, 0.2) is 24.3 Å². The maximum atomic E-state index is 12.7. The van der Waals surface area contributed by atoms with E-state index in [9.17, 15) is 14.0 Å². The first-order valence-corrected chi connectivity index (χ1v) is 7.74. The number of nitrogens with zero attached hydrogens (tertiary/aromatic N) is 1. The van der Waals surface area contributed by atoms with Gasteiger partial charge in [-0.05, 0) is 43.7 Å². The Labute approximate surface area is 134 Å². The SMILES string of the molecule is NC(=O)C1CCCCN1CC(=O)NCCOc1ccc(F)cc1. The van der Waals surface area contributed by atoms with Crippen molar-refractivity contribution in [1.82, 2.24) is 10.2 Å². The molecule has 1 aromatic rings. The highest BCUT2D eigenvalue weighted by Crippen LogP contribution is 2.16. The minimum Gasteiger partial charge on any atom is -0.492 e. The Morgan fingerprint density at radius 3 is 2.74 bits per heavy atom. The van der Waals surface area contributed by atoms with Gasteiger partial charge in [-0.3, -0.25) is 14.5 Å². The smallest absolute Gasteiger partial charge is 0.234 e. The van der Waals surface area contributed by atoms with Gasteiger partial charge in [0.05, 0.1) is 19.1 Å². The average Bonchev–Trinajstić information content (AvgIpc) is 2.53. The van der Waals surface area contributed by atoms with Gasteiger partial charge in [-0.1, -0.05) is 6.42 Å². The molecular weight excluding hydrogens is 301 g/mol. The van der Waals surface area contributed by atoms with Gasteiger partial charge < -0.3 is 15.8 Å². The summed E-state index contributed by atoms with van der Waals surface area (Å²) >= 11 is 0. The highest BCUT2D eigenvalue weighted by molar-refractivity contribution is 5.82. The number of piperidine rings is 1. The summed E-state index contributed by atoms with van der Waals surface area (Å²) < 4.78 is 18.1. The molecule has 1 fully saturated rings. The van der Waals surface area contributed by atoms with Crippen molar-refractivity contribution in [3.8, 4) is 5.75 Å². The number of hydrogen-bond acceptors (Lipinski definition) is 4. The number of rotatable bonds is 7. The Morgan fingerprint density at radius 2 is 2.04 bits per heavy atom. The summed E-state index contributed by atoms with van der Waals surface area (Å²) in [4.78, 5) is 25.1. The van der Waals surface area contributed by atoms with Crippen molar-refractivity contribution < 1.29 is 18.7 Å². The lowest BCUT2D eigenvalue weighted by molar-refractivity contribution is -0.128. The van der Waals surface area contributed by atoms with E-state index in [0.29, 0.717) is 25.3 Å². The van der Waals surface area contributed by atoms with Crippen molar-refractivity contribution >= 4 is 11.8 Å². The molecule has 7 heteroatoms. The van der Waals surface area contributed by atoms with E-state index in [0.717, 1.165) is 12.8 Å². The van der Waals surface area contributed by atoms with E-state index in [2.05, 4.69) is 5.32 Å². The molecule has 0 radical (unpaired) electrons. The third kappa shape index (κ3) is 5.52. The van der Waals surface area contributed by atoms with Crippen LogP contribution in [0.1, 0.15) is 19.3 Å². The zero-order valence-corrected chi connectivity index (χ0v) is 13.0. The molecule has 0 bridgehead atoms. The van der Waals surface area contributed by atoms with Crippen LogP contribution < -0.4 is 15.8 Å². The topological polar surface area (TPSA) is 84.7 Å². The van der Waals surface area contributed by atoms with Crippen LogP contribution in [-0.2, 0) is 9.59 Å². The molecule has 1 heterocycles. The van der Waals surface area contributed by atoms with Crippen LogP contribution in [0, 0.1) is 5.82 Å². The van der Waals surface area contributed by atoms with Crippen LogP contribution in [-0.4, -0.2) is 49.0 Å². The number of ether oxygens (including phenoxy) is 1. The number of carbonyl (C=O) groups excluding carboxylic acids is 2. The molecule has 0 aliphatic carbocycles. The number of amides is 2. The van der Waals surface area contributed by atoms with Crippen molar-refractivity contribution in [3.63, 3.8) is 0 Å². The molecule has 1 saturated heterocycles. The molecule has 3 N–H and O–H groups in total. The first-order valence-electron chi connectivity index (χ1n) is 7.74. The summed E-state index contributed by atoms with van der Waals surface area (Å²) in [7, 11) is 0. The normalized spacial score (nSPS) is 18.4. The predicted molar refractivity (Wildman–Crippen MR) is 83.3 cm³/mol. The molecule has 2 amide bonds. The van der Waals surface area contributed by atoms with Gasteiger partial charge in [0.1, 0.15) is 18.2 Å². The minimum absolute atomic E-state index is 0.157. The number of benzene rings is 1. The molecule has 1 aliphatic rings. The number of likely N-dealkylation sites (tertiary alicyclic amines) is 1. The highest BCUT2D eigenvalue weighted by Gasteiger charge is 2.28. The fourth-order valence-electron chi connectivity index (χ4n) is 2.63. The van der Waals surface area contributed by atoms with Gasteiger partial charge in [-0.2, -0.15) is 0 Å². The molecule has 126 valence electrons. The molecule has 1 aliphatic heterocycles. The predicted octanol–water partition coefficient (Wildman–Crippen LogP) is 0.661. The molecule has 2 rings (SSSR count). The summed E-state index contributed by atoms with van der Waals surface area (Å²) in [6, 6.07) is 5.33. The largest absolute Gasteiger partial charge is 0.492 e. The first kappa shape index (κ1) is 17.2. The van der Waals surface area contributed by atoms with E-state index in [1.807, 2.05) is 4.90 Å². The lowest BCUT2D eigenvalue weighted by Crippen LogP contribution is -2.51. The Kier molecular flexibility index (Phi) is 6.34. The van der Waals surface area contributed by atoms with Crippen LogP contribution in [0.5, 0.6) is 5.75 Å². The van der Waals surface area contributed by atoms with Crippen LogP contribution >= 0.6 is 0 Å². The number of halogens is 1. The second-order valence-electron chi connectivity index (χ2n) is 5.54. The minimum atomic E-state index is -0.378. The van der Waals surface area contributed by atoms with Crippen LogP contribution in [0.2, 0.25) is 0 Å². The van der Waals surface area contributed by atoms with Crippen molar-refractivity contribution in [2.75, 3.05) is 26.2 Å². The van der Waals surface area contributed by atoms with Crippen LogP contribution in [0.25, 0.3) is 0 Å². The van der Waals surface area contributed by atoms with Gasteiger partial charge >= 0.3 is 0 Å². The van der Waals surface area contributed by atoms with E-state index in [-0.39, 0.29) is 36.8 Å². The highest BCUT2D eigenvalue weighted by atomic mass is 19.1. The summed E-state index contributed by atoms with van der Waals surface area (Å²) in [5, 5.41) is 2.74. The molecule has 1 unspecified atom stereocenters. The quantitative estimate of drug-likeness (QED) is 0.722. The number of carbonyl (C=O) groups is 2. The second kappa shape index (κ2) is 8.47. The molecule has 6 nitrogen and oxygen atoms in total. The third-order valence-electron chi connectivity index (χ3n) is 3.80. The Hall–Kier alpha value is -2.15. The van der Waals surface area contributed by atoms with Gasteiger partial charge in [0, 0.05) is 0 Å². The van der Waals surface area contributed by atoms with Gasteiger partial charge in [0.15, 0.2) is 0 Å². The molecule has 1 atom stereocenters. The second-order valence-corrected chi connectivity index (χ2v) is 5.54. The van der Waals surface area contributed by atoms with Crippen molar-refractivity contribution in [3.05, 3.63) is 30.1 Å². The van der Waals surface area contributed by atoms with E-state index in [1.54, 1.807) is 0 Å². The van der Waals surface area contributed by atoms with E-state index in [1.165, 1.54) is 24.3 Å². The Morgan fingerprint density at radius 1 is 1.30 bits per heavy atom. The first-order chi connectivity index (χ1) is 11.1. The van der Waals surface area contributed by atoms with Crippen LogP contribution in [0.3, 0.4) is 0 Å². The molecule has 1 aromatic carbocycles. The van der Waals surface area contributed by atoms with Gasteiger partial charge in [-0.15, -0.1) is 0 Å². The van der Waals surface area contributed by atoms with Gasteiger partial charge in [0.2, 0.25) is 11.8 Å². The monoisotopic (exact) mass is 323 g/mol. The maximum absolute atomic E-state index is 12.7. The molecule has 0 saturated carbocycles. The van der Waals surface area contributed by atoms with Crippen molar-refractivity contribution in [2.45, 2.75) is 25.3 Å². The molecule has 0 spiro atoms. The maximum Gasteiger partial charge on any atom is 0.234 e. The standard InChI is InChI=1S/C16H22FN3O3/c17-12-4-6-13(7-5-12)23-10-8-19-15(21)11-20-9-2-1-3-14(20)16(18)22/h4-7,14H,1-3,8-11H2,(H2,18,22)(H,19,21). The number of hydrogen-bond donors (Lipinski definition) is 2. The van der Waals surface area contributed by atoms with Crippen LogP contribution in [0.4, 0.5) is 4.39 Å². The number of nitrogens with one attached hydrogen (secondary N) is 1. The summed E-state index contributed by atoms with van der Waals surface area (Å²) in [5.74, 6) is -0.320. The molecular formula is C16H22FN3O3. The summed E-state index contributed by atoms with van der Waals surface area (Å²) in [5.41, 5.74) is 5.37. The average molecular weight is 323 g/mol. The zero-order chi connectivity index (χ0) is 16.7. The van der Waals surface area contributed by atoms with Crippen molar-refractivity contribution in [2.24, 2.45) is 5.73 Å². The van der Waals surface area contributed by atoms with Crippen molar-refractivity contribution in [1.29, 1.82) is 0 Å². The number of nitrogens with two attached hydrogens (primary N) is 1. The summed E-state index contributed by atoms with van der Waals surface area (Å²) in [6.45, 7) is 1.49. The van der Waals surface area contributed by atoms with Gasteiger partial charge in [-0.25, -0.2) is 4.39 Å². The fourth-order valence-corrected chi connectivity index (χ4v) is 2.63.